The Morgan fingerprint density at radius 1 is 1.79 bits per heavy atom. The largest absolute Gasteiger partial charge is 0.394 e. The maximum Gasteiger partial charge on any atom is 0.276 e. The van der Waals surface area contributed by atoms with Crippen LogP contribution in [0.25, 0.3) is 0 Å². The number of likely N-dealkylation sites (tertiary alicyclic amines) is 1. The zero-order valence-electron chi connectivity index (χ0n) is 7.68. The molecule has 1 saturated heterocycles. The summed E-state index contributed by atoms with van der Waals surface area (Å²) in [4.78, 5) is 13.4. The van der Waals surface area contributed by atoms with Crippen molar-refractivity contribution in [2.45, 2.75) is 18.9 Å². The summed E-state index contributed by atoms with van der Waals surface area (Å²) >= 11 is 0. The number of nitrogens with zero attached hydrogens (tertiary/aromatic N) is 3. The van der Waals surface area contributed by atoms with Gasteiger partial charge in [0, 0.05) is 6.54 Å². The van der Waals surface area contributed by atoms with Gasteiger partial charge in [-0.15, -0.1) is 0 Å². The van der Waals surface area contributed by atoms with E-state index in [1.807, 2.05) is 0 Å². The van der Waals surface area contributed by atoms with Crippen LogP contribution in [0.4, 0.5) is 0 Å². The van der Waals surface area contributed by atoms with Crippen LogP contribution in [0.2, 0.25) is 0 Å². The van der Waals surface area contributed by atoms with Gasteiger partial charge in [-0.25, -0.2) is 0 Å². The van der Waals surface area contributed by atoms with E-state index in [4.69, 9.17) is 5.11 Å². The van der Waals surface area contributed by atoms with Crippen molar-refractivity contribution in [1.82, 2.24) is 20.3 Å². The zero-order chi connectivity index (χ0) is 9.97. The molecule has 1 fully saturated rings. The van der Waals surface area contributed by atoms with Crippen LogP contribution in [0, 0.1) is 0 Å². The van der Waals surface area contributed by atoms with Crippen molar-refractivity contribution < 1.29 is 9.90 Å². The molecule has 2 heterocycles. The maximum atomic E-state index is 11.8. The molecule has 0 saturated carbocycles. The molecule has 1 aromatic rings. The molecule has 2 N–H and O–H groups in total. The normalized spacial score (nSPS) is 21.5. The van der Waals surface area contributed by atoms with Crippen molar-refractivity contribution >= 4 is 5.91 Å². The van der Waals surface area contributed by atoms with Gasteiger partial charge in [0.25, 0.3) is 5.91 Å². The van der Waals surface area contributed by atoms with Gasteiger partial charge in [0.15, 0.2) is 5.69 Å². The lowest BCUT2D eigenvalue weighted by molar-refractivity contribution is 0.0671. The molecule has 1 aliphatic heterocycles. The Morgan fingerprint density at radius 2 is 2.64 bits per heavy atom. The Balaban J connectivity index is 2.11. The molecule has 6 heteroatoms. The standard InChI is InChI=1S/C8H12N4O2/c13-5-6-2-1-3-12(6)8(14)7-4-9-11-10-7/h4,6,13H,1-3,5H2,(H,9,10,11). The molecule has 1 aromatic heterocycles. The van der Waals surface area contributed by atoms with Gasteiger partial charge >= 0.3 is 0 Å². The van der Waals surface area contributed by atoms with Crippen molar-refractivity contribution in [3.8, 4) is 0 Å². The second-order valence-electron chi connectivity index (χ2n) is 3.33. The minimum atomic E-state index is -0.157. The predicted molar refractivity (Wildman–Crippen MR) is 47.5 cm³/mol. The summed E-state index contributed by atoms with van der Waals surface area (Å²) in [7, 11) is 0. The summed E-state index contributed by atoms with van der Waals surface area (Å²) < 4.78 is 0. The van der Waals surface area contributed by atoms with E-state index in [1.165, 1.54) is 6.20 Å². The Hall–Kier alpha value is -1.43. The van der Waals surface area contributed by atoms with Crippen molar-refractivity contribution in [3.63, 3.8) is 0 Å². The van der Waals surface area contributed by atoms with Crippen LogP contribution in [-0.2, 0) is 0 Å². The molecular weight excluding hydrogens is 184 g/mol. The molecule has 1 unspecified atom stereocenters. The van der Waals surface area contributed by atoms with E-state index in [1.54, 1.807) is 4.90 Å². The van der Waals surface area contributed by atoms with Crippen LogP contribution < -0.4 is 0 Å². The number of hydrogen-bond donors (Lipinski definition) is 2. The average Bonchev–Trinajstić information content (AvgIpc) is 2.87. The number of aliphatic hydroxyl groups excluding tert-OH is 1. The van der Waals surface area contributed by atoms with E-state index in [0.29, 0.717) is 12.2 Å². The first-order chi connectivity index (χ1) is 6.83. The zero-order valence-corrected chi connectivity index (χ0v) is 7.68. The number of nitrogens with one attached hydrogen (secondary N) is 1. The molecule has 2 rings (SSSR count). The lowest BCUT2D eigenvalue weighted by Gasteiger charge is -2.21. The average molecular weight is 196 g/mol. The molecule has 14 heavy (non-hydrogen) atoms. The van der Waals surface area contributed by atoms with Gasteiger partial charge in [-0.3, -0.25) is 4.79 Å². The molecule has 1 aliphatic rings. The SMILES string of the molecule is O=C(c1cn[nH]n1)N1CCCC1CO. The molecule has 1 amide bonds. The topological polar surface area (TPSA) is 82.1 Å². The third-order valence-electron chi connectivity index (χ3n) is 2.48. The van der Waals surface area contributed by atoms with E-state index in [0.717, 1.165) is 12.8 Å². The van der Waals surface area contributed by atoms with Crippen LogP contribution >= 0.6 is 0 Å². The van der Waals surface area contributed by atoms with Crippen molar-refractivity contribution in [3.05, 3.63) is 11.9 Å². The van der Waals surface area contributed by atoms with Crippen molar-refractivity contribution in [2.24, 2.45) is 0 Å². The van der Waals surface area contributed by atoms with Gasteiger partial charge in [-0.05, 0) is 12.8 Å². The number of H-pyrrole nitrogens is 1. The predicted octanol–water partition coefficient (Wildman–Crippen LogP) is -0.598. The fourth-order valence-corrected chi connectivity index (χ4v) is 1.74. The highest BCUT2D eigenvalue weighted by Crippen LogP contribution is 2.18. The number of rotatable bonds is 2. The number of aliphatic hydroxyl groups is 1. The van der Waals surface area contributed by atoms with Gasteiger partial charge in [-0.1, -0.05) is 0 Å². The van der Waals surface area contributed by atoms with Crippen LogP contribution in [0.5, 0.6) is 0 Å². The molecule has 0 spiro atoms. The lowest BCUT2D eigenvalue weighted by atomic mass is 10.2. The van der Waals surface area contributed by atoms with Crippen LogP contribution in [-0.4, -0.2) is 50.5 Å². The lowest BCUT2D eigenvalue weighted by Crippen LogP contribution is -2.37. The van der Waals surface area contributed by atoms with E-state index in [2.05, 4.69) is 15.4 Å². The Morgan fingerprint density at radius 3 is 3.29 bits per heavy atom. The first kappa shape index (κ1) is 9.14. The third kappa shape index (κ3) is 1.48. The highest BCUT2D eigenvalue weighted by atomic mass is 16.3. The van der Waals surface area contributed by atoms with E-state index in [9.17, 15) is 4.79 Å². The molecular formula is C8H12N4O2. The molecule has 76 valence electrons. The third-order valence-corrected chi connectivity index (χ3v) is 2.48. The Labute approximate surface area is 80.9 Å². The second kappa shape index (κ2) is 3.75. The Kier molecular flexibility index (Phi) is 2.45. The second-order valence-corrected chi connectivity index (χ2v) is 3.33. The van der Waals surface area contributed by atoms with E-state index < -0.39 is 0 Å². The number of carbonyl (C=O) groups is 1. The highest BCUT2D eigenvalue weighted by Gasteiger charge is 2.29. The van der Waals surface area contributed by atoms with Gasteiger partial charge in [0.1, 0.15) is 0 Å². The van der Waals surface area contributed by atoms with Gasteiger partial charge in [-0.2, -0.15) is 15.4 Å². The molecule has 1 atom stereocenters. The highest BCUT2D eigenvalue weighted by molar-refractivity contribution is 5.92. The minimum Gasteiger partial charge on any atom is -0.394 e. The number of hydrogen-bond acceptors (Lipinski definition) is 4. The first-order valence-corrected chi connectivity index (χ1v) is 4.60. The summed E-state index contributed by atoms with van der Waals surface area (Å²) in [6.07, 6.45) is 3.20. The van der Waals surface area contributed by atoms with Gasteiger partial charge in [0.05, 0.1) is 18.8 Å². The fraction of sp³-hybridized carbons (Fsp3) is 0.625. The number of aromatic amines is 1. The van der Waals surface area contributed by atoms with Gasteiger partial charge < -0.3 is 10.0 Å². The van der Waals surface area contributed by atoms with Crippen LogP contribution in [0.15, 0.2) is 6.20 Å². The number of carbonyl (C=O) groups excluding carboxylic acids is 1. The maximum absolute atomic E-state index is 11.8. The summed E-state index contributed by atoms with van der Waals surface area (Å²) in [5.41, 5.74) is 0.311. The van der Waals surface area contributed by atoms with E-state index in [-0.39, 0.29) is 18.6 Å². The van der Waals surface area contributed by atoms with E-state index >= 15 is 0 Å². The summed E-state index contributed by atoms with van der Waals surface area (Å²) in [5, 5.41) is 18.7. The molecule has 0 aliphatic carbocycles. The van der Waals surface area contributed by atoms with Crippen LogP contribution in [0.3, 0.4) is 0 Å². The summed E-state index contributed by atoms with van der Waals surface area (Å²) in [6, 6.07) is -0.0563. The molecule has 6 nitrogen and oxygen atoms in total. The van der Waals surface area contributed by atoms with Gasteiger partial charge in [0.2, 0.25) is 0 Å². The first-order valence-electron chi connectivity index (χ1n) is 4.60. The smallest absolute Gasteiger partial charge is 0.276 e. The molecule has 0 radical (unpaired) electrons. The monoisotopic (exact) mass is 196 g/mol. The quantitative estimate of drug-likeness (QED) is 0.661. The minimum absolute atomic E-state index is 0.0175. The number of amides is 1. The Bertz CT molecular complexity index is 311. The number of aromatic nitrogens is 3. The fourth-order valence-electron chi connectivity index (χ4n) is 1.74. The van der Waals surface area contributed by atoms with Crippen LogP contribution in [0.1, 0.15) is 23.3 Å². The van der Waals surface area contributed by atoms with Crippen molar-refractivity contribution in [1.29, 1.82) is 0 Å². The summed E-state index contributed by atoms with van der Waals surface area (Å²) in [6.45, 7) is 0.709. The summed E-state index contributed by atoms with van der Waals surface area (Å²) in [5.74, 6) is -0.157. The molecule has 0 aromatic carbocycles. The van der Waals surface area contributed by atoms with Crippen molar-refractivity contribution in [2.75, 3.05) is 13.2 Å². The molecule has 0 bridgehead atoms.